The third-order valence-corrected chi connectivity index (χ3v) is 4.44. The van der Waals surface area contributed by atoms with E-state index in [9.17, 15) is 9.59 Å². The van der Waals surface area contributed by atoms with Gasteiger partial charge < -0.3 is 24.8 Å². The van der Waals surface area contributed by atoms with Crippen LogP contribution in [-0.2, 0) is 20.7 Å². The van der Waals surface area contributed by atoms with Gasteiger partial charge in [0.2, 0.25) is 0 Å². The summed E-state index contributed by atoms with van der Waals surface area (Å²) in [6.45, 7) is 0.424. The van der Waals surface area contributed by atoms with Gasteiger partial charge in [0.15, 0.2) is 0 Å². The summed E-state index contributed by atoms with van der Waals surface area (Å²) in [5.41, 5.74) is 1.82. The molecule has 0 fully saturated rings. The predicted octanol–water partition coefficient (Wildman–Crippen LogP) is 1.38. The van der Waals surface area contributed by atoms with E-state index < -0.39 is 5.97 Å². The largest absolute Gasteiger partial charge is 0.491 e. The Balaban J connectivity index is 1.76. The van der Waals surface area contributed by atoms with E-state index in [1.54, 1.807) is 24.4 Å². The third-order valence-electron chi connectivity index (χ3n) is 4.44. The fourth-order valence-electron chi connectivity index (χ4n) is 2.99. The second-order valence-electron chi connectivity index (χ2n) is 6.34. The number of amides is 1. The molecule has 1 aliphatic heterocycles. The highest BCUT2D eigenvalue weighted by atomic mass is 16.5. The van der Waals surface area contributed by atoms with E-state index in [1.165, 1.54) is 12.0 Å². The number of hydrogen-bond donors (Lipinski definition) is 2. The number of aliphatic hydroxyl groups is 1. The Morgan fingerprint density at radius 3 is 2.76 bits per heavy atom. The van der Waals surface area contributed by atoms with Crippen LogP contribution in [0.5, 0.6) is 5.75 Å². The molecule has 0 saturated heterocycles. The molecule has 0 atom stereocenters. The average Bonchev–Trinajstić information content (AvgIpc) is 3.05. The lowest BCUT2D eigenvalue weighted by atomic mass is 10.2. The van der Waals surface area contributed by atoms with Gasteiger partial charge in [-0.2, -0.15) is 0 Å². The lowest BCUT2D eigenvalue weighted by Gasteiger charge is -2.16. The highest BCUT2D eigenvalue weighted by Gasteiger charge is 2.34. The van der Waals surface area contributed by atoms with E-state index in [0.717, 1.165) is 5.69 Å². The van der Waals surface area contributed by atoms with Gasteiger partial charge in [-0.3, -0.25) is 9.78 Å². The summed E-state index contributed by atoms with van der Waals surface area (Å²) in [4.78, 5) is 30.5. The van der Waals surface area contributed by atoms with Gasteiger partial charge in [-0.15, -0.1) is 0 Å². The van der Waals surface area contributed by atoms with Gasteiger partial charge in [-0.05, 0) is 24.3 Å². The van der Waals surface area contributed by atoms with Gasteiger partial charge in [0.25, 0.3) is 5.91 Å². The minimum absolute atomic E-state index is 0.0805. The van der Waals surface area contributed by atoms with Crippen molar-refractivity contribution in [3.8, 4) is 5.75 Å². The lowest BCUT2D eigenvalue weighted by molar-refractivity contribution is -0.136. The molecule has 0 aliphatic carbocycles. The summed E-state index contributed by atoms with van der Waals surface area (Å²) < 4.78 is 10.7. The second kappa shape index (κ2) is 9.70. The molecule has 152 valence electrons. The summed E-state index contributed by atoms with van der Waals surface area (Å²) in [6.07, 6.45) is 2.37. The minimum Gasteiger partial charge on any atom is -0.491 e. The number of hydrogen-bond acceptors (Lipinski definition) is 7. The number of anilines is 1. The molecule has 2 aromatic rings. The van der Waals surface area contributed by atoms with Crippen molar-refractivity contribution in [1.29, 1.82) is 0 Å². The number of pyridine rings is 1. The second-order valence-corrected chi connectivity index (χ2v) is 6.34. The van der Waals surface area contributed by atoms with Crippen molar-refractivity contribution in [1.82, 2.24) is 9.88 Å². The molecule has 2 N–H and O–H groups in total. The molecule has 29 heavy (non-hydrogen) atoms. The van der Waals surface area contributed by atoms with Crippen molar-refractivity contribution in [2.24, 2.45) is 0 Å². The van der Waals surface area contributed by atoms with E-state index in [-0.39, 0.29) is 36.9 Å². The predicted molar refractivity (Wildman–Crippen MR) is 106 cm³/mol. The average molecular weight is 397 g/mol. The minimum atomic E-state index is -0.588. The monoisotopic (exact) mass is 397 g/mol. The molecule has 0 radical (unpaired) electrons. The van der Waals surface area contributed by atoms with Crippen LogP contribution < -0.4 is 10.1 Å². The number of esters is 1. The van der Waals surface area contributed by atoms with Gasteiger partial charge in [-0.25, -0.2) is 4.79 Å². The van der Waals surface area contributed by atoms with Crippen LogP contribution in [0.1, 0.15) is 5.69 Å². The molecule has 8 nitrogen and oxygen atoms in total. The third kappa shape index (κ3) is 4.91. The van der Waals surface area contributed by atoms with Crippen LogP contribution in [0, 0.1) is 0 Å². The number of aromatic nitrogens is 1. The Morgan fingerprint density at radius 1 is 1.24 bits per heavy atom. The molecule has 2 heterocycles. The number of rotatable bonds is 9. The number of carbonyl (C=O) groups excluding carboxylic acids is 2. The first kappa shape index (κ1) is 20.3. The van der Waals surface area contributed by atoms with Crippen LogP contribution in [0.25, 0.3) is 0 Å². The fraction of sp³-hybridized carbons (Fsp3) is 0.286. The Hall–Kier alpha value is -3.39. The van der Waals surface area contributed by atoms with E-state index in [2.05, 4.69) is 10.3 Å². The zero-order chi connectivity index (χ0) is 20.6. The van der Waals surface area contributed by atoms with Crippen molar-refractivity contribution in [2.75, 3.05) is 38.7 Å². The Bertz CT molecular complexity index is 898. The molecule has 0 unspecified atom stereocenters. The van der Waals surface area contributed by atoms with E-state index in [4.69, 9.17) is 14.6 Å². The highest BCUT2D eigenvalue weighted by molar-refractivity contribution is 6.08. The number of carbonyl (C=O) groups is 2. The number of nitrogens with one attached hydrogen (secondary N) is 1. The molecule has 0 spiro atoms. The first-order valence-corrected chi connectivity index (χ1v) is 9.24. The van der Waals surface area contributed by atoms with Gasteiger partial charge in [0.1, 0.15) is 11.4 Å². The molecule has 1 aromatic heterocycles. The normalized spacial score (nSPS) is 13.6. The number of methoxy groups -OCH3 is 1. The lowest BCUT2D eigenvalue weighted by Crippen LogP contribution is -2.31. The molecule has 1 aliphatic rings. The quantitative estimate of drug-likeness (QED) is 0.617. The molecule has 3 rings (SSSR count). The van der Waals surface area contributed by atoms with Crippen LogP contribution >= 0.6 is 0 Å². The summed E-state index contributed by atoms with van der Waals surface area (Å²) in [5, 5.41) is 12.2. The Labute approximate surface area is 168 Å². The summed E-state index contributed by atoms with van der Waals surface area (Å²) in [7, 11) is 1.26. The van der Waals surface area contributed by atoms with Crippen LogP contribution in [-0.4, -0.2) is 60.3 Å². The molecular weight excluding hydrogens is 374 g/mol. The molecule has 1 aromatic carbocycles. The summed E-state index contributed by atoms with van der Waals surface area (Å²) in [5.74, 6) is -0.411. The summed E-state index contributed by atoms with van der Waals surface area (Å²) >= 11 is 0. The van der Waals surface area contributed by atoms with Crippen LogP contribution in [0.3, 0.4) is 0 Å². The van der Waals surface area contributed by atoms with E-state index in [0.29, 0.717) is 24.5 Å². The van der Waals surface area contributed by atoms with Crippen molar-refractivity contribution in [3.63, 3.8) is 0 Å². The number of aliphatic hydroxyl groups excluding tert-OH is 1. The Morgan fingerprint density at radius 2 is 2.03 bits per heavy atom. The maximum absolute atomic E-state index is 12.7. The van der Waals surface area contributed by atoms with Gasteiger partial charge in [0.05, 0.1) is 38.1 Å². The van der Waals surface area contributed by atoms with Crippen LogP contribution in [0.15, 0.2) is 59.9 Å². The van der Waals surface area contributed by atoms with Crippen molar-refractivity contribution >= 4 is 17.6 Å². The van der Waals surface area contributed by atoms with E-state index >= 15 is 0 Å². The zero-order valence-corrected chi connectivity index (χ0v) is 16.1. The number of benzene rings is 1. The van der Waals surface area contributed by atoms with E-state index in [1.807, 2.05) is 24.3 Å². The molecular formula is C21H23N3O5. The molecule has 0 bridgehead atoms. The zero-order valence-electron chi connectivity index (χ0n) is 16.1. The van der Waals surface area contributed by atoms with Crippen molar-refractivity contribution in [3.05, 3.63) is 65.6 Å². The molecule has 8 heteroatoms. The number of β-amino-alcohol motifs (C(OH)–C–C–N with tert-alkyl or cyclic N) is 1. The molecule has 1 amide bonds. The van der Waals surface area contributed by atoms with Gasteiger partial charge >= 0.3 is 5.97 Å². The van der Waals surface area contributed by atoms with Crippen LogP contribution in [0.2, 0.25) is 0 Å². The Kier molecular flexibility index (Phi) is 6.80. The van der Waals surface area contributed by atoms with Crippen LogP contribution in [0.4, 0.5) is 5.69 Å². The first-order chi connectivity index (χ1) is 14.1. The maximum atomic E-state index is 12.7. The SMILES string of the molecule is COC(=O)C1=C(Nc2ccccc2OCCc2ccccn2)C(=O)N(CCO)C1. The van der Waals surface area contributed by atoms with Gasteiger partial charge in [-0.1, -0.05) is 18.2 Å². The number of ether oxygens (including phenoxy) is 2. The maximum Gasteiger partial charge on any atom is 0.337 e. The summed E-state index contributed by atoms with van der Waals surface area (Å²) in [6, 6.07) is 12.9. The number of para-hydroxylation sites is 2. The first-order valence-electron chi connectivity index (χ1n) is 9.24. The molecule has 0 saturated carbocycles. The smallest absolute Gasteiger partial charge is 0.337 e. The topological polar surface area (TPSA) is 101 Å². The van der Waals surface area contributed by atoms with Crippen molar-refractivity contribution in [2.45, 2.75) is 6.42 Å². The standard InChI is InChI=1S/C21H23N3O5/c1-28-21(27)16-14-24(11-12-25)20(26)19(16)23-17-7-2-3-8-18(17)29-13-9-15-6-4-5-10-22-15/h2-8,10,23,25H,9,11-14H2,1H3. The fourth-order valence-corrected chi connectivity index (χ4v) is 2.99. The van der Waals surface area contributed by atoms with Crippen molar-refractivity contribution < 1.29 is 24.2 Å². The van der Waals surface area contributed by atoms with Gasteiger partial charge in [0, 0.05) is 24.9 Å². The highest BCUT2D eigenvalue weighted by Crippen LogP contribution is 2.29. The number of nitrogens with zero attached hydrogens (tertiary/aromatic N) is 2.